The summed E-state index contributed by atoms with van der Waals surface area (Å²) in [5, 5.41) is 4.60. The van der Waals surface area contributed by atoms with Gasteiger partial charge in [-0.05, 0) is 37.1 Å². The van der Waals surface area contributed by atoms with Gasteiger partial charge in [0, 0.05) is 17.1 Å². The van der Waals surface area contributed by atoms with Gasteiger partial charge in [-0.1, -0.05) is 43.8 Å². The summed E-state index contributed by atoms with van der Waals surface area (Å²) in [5.41, 5.74) is 1.35. The summed E-state index contributed by atoms with van der Waals surface area (Å²) in [6, 6.07) is 10.9. The maximum Gasteiger partial charge on any atom is 0.116 e. The Hall–Kier alpha value is -1.39. The predicted molar refractivity (Wildman–Crippen MR) is 83.9 cm³/mol. The predicted octanol–water partition coefficient (Wildman–Crippen LogP) is 4.08. The summed E-state index contributed by atoms with van der Waals surface area (Å²) in [6.07, 6.45) is 5.61. The lowest BCUT2D eigenvalue weighted by Gasteiger charge is -2.20. The molecule has 0 bridgehead atoms. The zero-order valence-electron chi connectivity index (χ0n) is 12.0. The van der Waals surface area contributed by atoms with Crippen molar-refractivity contribution in [3.8, 4) is 0 Å². The Morgan fingerprint density at radius 1 is 1.20 bits per heavy atom. The summed E-state index contributed by atoms with van der Waals surface area (Å²) in [7, 11) is 0. The molecular weight excluding hydrogens is 266 g/mol. The fourth-order valence-corrected chi connectivity index (χ4v) is 3.03. The lowest BCUT2D eigenvalue weighted by atomic mass is 10.0. The van der Waals surface area contributed by atoms with Gasteiger partial charge in [-0.3, -0.25) is 0 Å². The lowest BCUT2D eigenvalue weighted by molar-refractivity contribution is 0.512. The van der Waals surface area contributed by atoms with Gasteiger partial charge in [0.25, 0.3) is 0 Å². The highest BCUT2D eigenvalue weighted by molar-refractivity contribution is 7.99. The molecule has 1 atom stereocenters. The minimum absolute atomic E-state index is 0.403. The topological polar surface area (TPSA) is 37.8 Å². The quantitative estimate of drug-likeness (QED) is 0.779. The van der Waals surface area contributed by atoms with Crippen LogP contribution in [0.15, 0.2) is 52.8 Å². The Morgan fingerprint density at radius 2 is 2.05 bits per heavy atom. The molecule has 2 rings (SSSR count). The van der Waals surface area contributed by atoms with Gasteiger partial charge < -0.3 is 5.32 Å². The molecule has 1 heterocycles. The molecule has 0 aliphatic rings. The van der Waals surface area contributed by atoms with E-state index in [1.165, 1.54) is 10.5 Å². The smallest absolute Gasteiger partial charge is 0.116 e. The Bertz CT molecular complexity index is 516. The molecule has 1 N–H and O–H groups in total. The van der Waals surface area contributed by atoms with E-state index >= 15 is 0 Å². The molecule has 0 saturated carbocycles. The van der Waals surface area contributed by atoms with Crippen molar-refractivity contribution in [2.75, 3.05) is 6.54 Å². The van der Waals surface area contributed by atoms with Gasteiger partial charge in [0.05, 0.1) is 0 Å². The first-order valence-electron chi connectivity index (χ1n) is 7.11. The SMILES string of the molecule is CCCNC(CC)c1ccccc1Sc1ccncn1. The molecule has 2 aromatic rings. The largest absolute Gasteiger partial charge is 0.310 e. The van der Waals surface area contributed by atoms with E-state index in [1.54, 1.807) is 24.3 Å². The maximum atomic E-state index is 4.29. The standard InChI is InChI=1S/C16H21N3S/c1-3-10-18-14(4-2)13-7-5-6-8-15(13)20-16-9-11-17-12-19-16/h5-9,11-12,14,18H,3-4,10H2,1-2H3. The molecule has 0 fully saturated rings. The molecule has 0 saturated heterocycles. The third-order valence-corrected chi connectivity index (χ3v) is 4.16. The Balaban J connectivity index is 2.20. The van der Waals surface area contributed by atoms with E-state index in [0.29, 0.717) is 6.04 Å². The molecule has 4 heteroatoms. The van der Waals surface area contributed by atoms with Crippen LogP contribution in [0.5, 0.6) is 0 Å². The summed E-state index contributed by atoms with van der Waals surface area (Å²) >= 11 is 1.70. The van der Waals surface area contributed by atoms with Crippen molar-refractivity contribution in [2.45, 2.75) is 42.7 Å². The third kappa shape index (κ3) is 4.05. The first kappa shape index (κ1) is 15.0. The van der Waals surface area contributed by atoms with Crippen molar-refractivity contribution < 1.29 is 0 Å². The molecule has 0 aliphatic carbocycles. The van der Waals surface area contributed by atoms with E-state index in [4.69, 9.17) is 0 Å². The summed E-state index contributed by atoms with van der Waals surface area (Å²) in [4.78, 5) is 9.52. The molecular formula is C16H21N3S. The average molecular weight is 287 g/mol. The van der Waals surface area contributed by atoms with Crippen molar-refractivity contribution >= 4 is 11.8 Å². The lowest BCUT2D eigenvalue weighted by Crippen LogP contribution is -2.21. The van der Waals surface area contributed by atoms with E-state index in [9.17, 15) is 0 Å². The fourth-order valence-electron chi connectivity index (χ4n) is 2.11. The molecule has 1 aromatic carbocycles. The number of aromatic nitrogens is 2. The second-order valence-electron chi connectivity index (χ2n) is 4.60. The van der Waals surface area contributed by atoms with Crippen LogP contribution in [0.25, 0.3) is 0 Å². The normalized spacial score (nSPS) is 12.3. The monoisotopic (exact) mass is 287 g/mol. The summed E-state index contributed by atoms with van der Waals surface area (Å²) in [5.74, 6) is 0. The molecule has 20 heavy (non-hydrogen) atoms. The minimum atomic E-state index is 0.403. The second-order valence-corrected chi connectivity index (χ2v) is 5.66. The van der Waals surface area contributed by atoms with Gasteiger partial charge in [-0.2, -0.15) is 0 Å². The number of nitrogens with zero attached hydrogens (tertiary/aromatic N) is 2. The second kappa shape index (κ2) is 8.02. The number of benzene rings is 1. The molecule has 0 spiro atoms. The van der Waals surface area contributed by atoms with E-state index in [0.717, 1.165) is 24.4 Å². The highest BCUT2D eigenvalue weighted by Crippen LogP contribution is 2.32. The Morgan fingerprint density at radius 3 is 2.75 bits per heavy atom. The van der Waals surface area contributed by atoms with E-state index in [1.807, 2.05) is 6.07 Å². The van der Waals surface area contributed by atoms with Crippen LogP contribution in [0.2, 0.25) is 0 Å². The number of nitrogens with one attached hydrogen (secondary N) is 1. The highest BCUT2D eigenvalue weighted by atomic mass is 32.2. The van der Waals surface area contributed by atoms with E-state index in [2.05, 4.69) is 53.4 Å². The highest BCUT2D eigenvalue weighted by Gasteiger charge is 2.13. The van der Waals surface area contributed by atoms with Crippen molar-refractivity contribution in [2.24, 2.45) is 0 Å². The van der Waals surface area contributed by atoms with Crippen molar-refractivity contribution in [3.63, 3.8) is 0 Å². The van der Waals surface area contributed by atoms with E-state index < -0.39 is 0 Å². The van der Waals surface area contributed by atoms with Crippen molar-refractivity contribution in [1.29, 1.82) is 0 Å². The van der Waals surface area contributed by atoms with Crippen LogP contribution in [0, 0.1) is 0 Å². The molecule has 0 amide bonds. The number of hydrogen-bond acceptors (Lipinski definition) is 4. The summed E-state index contributed by atoms with van der Waals surface area (Å²) < 4.78 is 0. The Kier molecular flexibility index (Phi) is 6.02. The maximum absolute atomic E-state index is 4.29. The van der Waals surface area contributed by atoms with Crippen LogP contribution in [-0.4, -0.2) is 16.5 Å². The van der Waals surface area contributed by atoms with Crippen LogP contribution < -0.4 is 5.32 Å². The minimum Gasteiger partial charge on any atom is -0.310 e. The van der Waals surface area contributed by atoms with Crippen LogP contribution >= 0.6 is 11.8 Å². The zero-order chi connectivity index (χ0) is 14.2. The number of rotatable bonds is 7. The first-order chi connectivity index (χ1) is 9.85. The molecule has 3 nitrogen and oxygen atoms in total. The molecule has 106 valence electrons. The van der Waals surface area contributed by atoms with Gasteiger partial charge in [-0.15, -0.1) is 0 Å². The zero-order valence-corrected chi connectivity index (χ0v) is 12.9. The van der Waals surface area contributed by atoms with Gasteiger partial charge in [-0.25, -0.2) is 9.97 Å². The van der Waals surface area contributed by atoms with Crippen LogP contribution in [-0.2, 0) is 0 Å². The average Bonchev–Trinajstić information content (AvgIpc) is 2.50. The van der Waals surface area contributed by atoms with Crippen LogP contribution in [0.4, 0.5) is 0 Å². The van der Waals surface area contributed by atoms with E-state index in [-0.39, 0.29) is 0 Å². The summed E-state index contributed by atoms with van der Waals surface area (Å²) in [6.45, 7) is 5.46. The van der Waals surface area contributed by atoms with Crippen LogP contribution in [0.1, 0.15) is 38.3 Å². The van der Waals surface area contributed by atoms with Gasteiger partial charge in [0.2, 0.25) is 0 Å². The van der Waals surface area contributed by atoms with Gasteiger partial charge >= 0.3 is 0 Å². The molecule has 1 aromatic heterocycles. The van der Waals surface area contributed by atoms with Crippen molar-refractivity contribution in [3.05, 3.63) is 48.4 Å². The molecule has 1 unspecified atom stereocenters. The molecule has 0 aliphatic heterocycles. The fraction of sp³-hybridized carbons (Fsp3) is 0.375. The Labute approximate surface area is 125 Å². The third-order valence-electron chi connectivity index (χ3n) is 3.11. The van der Waals surface area contributed by atoms with Gasteiger partial charge in [0.15, 0.2) is 0 Å². The number of hydrogen-bond donors (Lipinski definition) is 1. The van der Waals surface area contributed by atoms with Crippen LogP contribution in [0.3, 0.4) is 0 Å². The molecule has 0 radical (unpaired) electrons. The van der Waals surface area contributed by atoms with Crippen molar-refractivity contribution in [1.82, 2.24) is 15.3 Å². The first-order valence-corrected chi connectivity index (χ1v) is 7.93. The van der Waals surface area contributed by atoms with Gasteiger partial charge in [0.1, 0.15) is 11.4 Å².